The monoisotopic (exact) mass is 301 g/mol. The van der Waals surface area contributed by atoms with Crippen LogP contribution in [0.25, 0.3) is 0 Å². The first-order valence-corrected chi connectivity index (χ1v) is 6.86. The number of rotatable bonds is 5. The van der Waals surface area contributed by atoms with Crippen molar-refractivity contribution in [3.05, 3.63) is 53.6 Å². The fraction of sp³-hybridized carbons (Fsp3) is 0.235. The number of amides is 1. The third-order valence-electron chi connectivity index (χ3n) is 3.29. The summed E-state index contributed by atoms with van der Waals surface area (Å²) in [6, 6.07) is 12.0. The van der Waals surface area contributed by atoms with Gasteiger partial charge in [-0.25, -0.2) is 0 Å². The topological polar surface area (TPSA) is 67.8 Å². The van der Waals surface area contributed by atoms with E-state index in [2.05, 4.69) is 5.32 Å². The number of nitrogens with one attached hydrogen (secondary N) is 1. The van der Waals surface area contributed by atoms with Crippen molar-refractivity contribution in [3.8, 4) is 11.5 Å². The predicted octanol–water partition coefficient (Wildman–Crippen LogP) is 3.01. The first-order chi connectivity index (χ1) is 10.5. The Bertz CT molecular complexity index is 667. The van der Waals surface area contributed by atoms with E-state index in [0.717, 1.165) is 0 Å². The van der Waals surface area contributed by atoms with Gasteiger partial charge in [-0.05, 0) is 42.8 Å². The SMILES string of the molecule is COc1cccc(C(=O)Nc2cc([C@H](C)O)ccc2OC)c1. The van der Waals surface area contributed by atoms with E-state index in [-0.39, 0.29) is 5.91 Å². The van der Waals surface area contributed by atoms with Crippen LogP contribution in [-0.2, 0) is 0 Å². The van der Waals surface area contributed by atoms with Gasteiger partial charge in [-0.3, -0.25) is 4.79 Å². The highest BCUT2D eigenvalue weighted by molar-refractivity contribution is 6.05. The fourth-order valence-electron chi connectivity index (χ4n) is 2.04. The molecule has 22 heavy (non-hydrogen) atoms. The van der Waals surface area contributed by atoms with E-state index in [4.69, 9.17) is 9.47 Å². The van der Waals surface area contributed by atoms with Crippen molar-refractivity contribution >= 4 is 11.6 Å². The van der Waals surface area contributed by atoms with Crippen molar-refractivity contribution in [1.82, 2.24) is 0 Å². The molecule has 5 heteroatoms. The molecular weight excluding hydrogens is 282 g/mol. The molecule has 2 aromatic carbocycles. The van der Waals surface area contributed by atoms with Crippen molar-refractivity contribution < 1.29 is 19.4 Å². The van der Waals surface area contributed by atoms with Crippen molar-refractivity contribution in [3.63, 3.8) is 0 Å². The molecule has 0 unspecified atom stereocenters. The minimum atomic E-state index is -0.627. The molecule has 0 bridgehead atoms. The maximum Gasteiger partial charge on any atom is 0.255 e. The Morgan fingerprint density at radius 2 is 1.91 bits per heavy atom. The van der Waals surface area contributed by atoms with E-state index in [9.17, 15) is 9.90 Å². The third kappa shape index (κ3) is 3.56. The summed E-state index contributed by atoms with van der Waals surface area (Å²) in [5, 5.41) is 12.5. The van der Waals surface area contributed by atoms with Crippen LogP contribution in [-0.4, -0.2) is 25.2 Å². The van der Waals surface area contributed by atoms with Crippen LogP contribution in [0.5, 0.6) is 11.5 Å². The van der Waals surface area contributed by atoms with Gasteiger partial charge >= 0.3 is 0 Å². The molecule has 0 saturated heterocycles. The molecule has 1 atom stereocenters. The quantitative estimate of drug-likeness (QED) is 0.891. The molecule has 0 radical (unpaired) electrons. The zero-order valence-electron chi connectivity index (χ0n) is 12.8. The summed E-state index contributed by atoms with van der Waals surface area (Å²) in [6.45, 7) is 1.66. The van der Waals surface area contributed by atoms with Crippen molar-refractivity contribution in [2.75, 3.05) is 19.5 Å². The summed E-state index contributed by atoms with van der Waals surface area (Å²) in [5.74, 6) is 0.859. The van der Waals surface area contributed by atoms with Gasteiger partial charge in [0.2, 0.25) is 0 Å². The van der Waals surface area contributed by atoms with Crippen molar-refractivity contribution in [2.24, 2.45) is 0 Å². The summed E-state index contributed by atoms with van der Waals surface area (Å²) < 4.78 is 10.4. The average Bonchev–Trinajstić information content (AvgIpc) is 2.54. The van der Waals surface area contributed by atoms with Crippen LogP contribution in [0.1, 0.15) is 28.9 Å². The largest absolute Gasteiger partial charge is 0.497 e. The van der Waals surface area contributed by atoms with E-state index < -0.39 is 6.10 Å². The Labute approximate surface area is 129 Å². The van der Waals surface area contributed by atoms with Crippen molar-refractivity contribution in [2.45, 2.75) is 13.0 Å². The number of ether oxygens (including phenoxy) is 2. The van der Waals surface area contributed by atoms with Gasteiger partial charge in [0.1, 0.15) is 11.5 Å². The highest BCUT2D eigenvalue weighted by Gasteiger charge is 2.12. The first-order valence-electron chi connectivity index (χ1n) is 6.86. The second-order valence-corrected chi connectivity index (χ2v) is 4.82. The second-order valence-electron chi connectivity index (χ2n) is 4.82. The summed E-state index contributed by atoms with van der Waals surface area (Å²) in [5.41, 5.74) is 1.68. The highest BCUT2D eigenvalue weighted by atomic mass is 16.5. The molecule has 0 spiro atoms. The highest BCUT2D eigenvalue weighted by Crippen LogP contribution is 2.28. The summed E-state index contributed by atoms with van der Waals surface area (Å²) in [4.78, 5) is 12.3. The summed E-state index contributed by atoms with van der Waals surface area (Å²) in [6.07, 6.45) is -0.627. The zero-order chi connectivity index (χ0) is 16.1. The predicted molar refractivity (Wildman–Crippen MR) is 84.6 cm³/mol. The average molecular weight is 301 g/mol. The lowest BCUT2D eigenvalue weighted by Gasteiger charge is -2.13. The minimum absolute atomic E-state index is 0.278. The zero-order valence-corrected chi connectivity index (χ0v) is 12.8. The van der Waals surface area contributed by atoms with Crippen LogP contribution < -0.4 is 14.8 Å². The Hall–Kier alpha value is -2.53. The van der Waals surface area contributed by atoms with Gasteiger partial charge in [0.15, 0.2) is 0 Å². The Balaban J connectivity index is 2.28. The molecule has 0 aromatic heterocycles. The number of benzene rings is 2. The van der Waals surface area contributed by atoms with E-state index in [1.807, 2.05) is 0 Å². The molecule has 5 nitrogen and oxygen atoms in total. The van der Waals surface area contributed by atoms with Crippen LogP contribution >= 0.6 is 0 Å². The first kappa shape index (κ1) is 15.9. The van der Waals surface area contributed by atoms with Crippen molar-refractivity contribution in [1.29, 1.82) is 0 Å². The maximum absolute atomic E-state index is 12.3. The molecule has 0 saturated carbocycles. The maximum atomic E-state index is 12.3. The molecule has 0 aliphatic heterocycles. The molecule has 0 fully saturated rings. The van der Waals surface area contributed by atoms with Crippen LogP contribution in [0.4, 0.5) is 5.69 Å². The number of aliphatic hydroxyl groups is 1. The normalized spacial score (nSPS) is 11.6. The van der Waals surface area contributed by atoms with Crippen LogP contribution in [0.2, 0.25) is 0 Å². The van der Waals surface area contributed by atoms with Gasteiger partial charge in [-0.2, -0.15) is 0 Å². The van der Waals surface area contributed by atoms with Crippen LogP contribution in [0.3, 0.4) is 0 Å². The third-order valence-corrected chi connectivity index (χ3v) is 3.29. The number of carbonyl (C=O) groups excluding carboxylic acids is 1. The number of anilines is 1. The van der Waals surface area contributed by atoms with Crippen LogP contribution in [0, 0.1) is 0 Å². The van der Waals surface area contributed by atoms with E-state index in [1.165, 1.54) is 7.11 Å². The Kier molecular flexibility index (Phi) is 5.01. The smallest absolute Gasteiger partial charge is 0.255 e. The number of hydrogen-bond donors (Lipinski definition) is 2. The Morgan fingerprint density at radius 3 is 2.55 bits per heavy atom. The molecule has 116 valence electrons. The summed E-state index contributed by atoms with van der Waals surface area (Å²) >= 11 is 0. The van der Waals surface area contributed by atoms with Gasteiger partial charge in [0.05, 0.1) is 26.0 Å². The molecule has 1 amide bonds. The van der Waals surface area contributed by atoms with Gasteiger partial charge < -0.3 is 19.9 Å². The minimum Gasteiger partial charge on any atom is -0.497 e. The van der Waals surface area contributed by atoms with Gasteiger partial charge in [0.25, 0.3) is 5.91 Å². The number of carbonyl (C=O) groups is 1. The van der Waals surface area contributed by atoms with Gasteiger partial charge in [0, 0.05) is 5.56 Å². The number of aliphatic hydroxyl groups excluding tert-OH is 1. The summed E-state index contributed by atoms with van der Waals surface area (Å²) in [7, 11) is 3.07. The number of hydrogen-bond acceptors (Lipinski definition) is 4. The molecule has 0 aliphatic rings. The molecule has 0 aliphatic carbocycles. The lowest BCUT2D eigenvalue weighted by molar-refractivity contribution is 0.102. The van der Waals surface area contributed by atoms with E-state index in [1.54, 1.807) is 56.5 Å². The van der Waals surface area contributed by atoms with E-state index >= 15 is 0 Å². The van der Waals surface area contributed by atoms with E-state index in [0.29, 0.717) is 28.3 Å². The standard InChI is InChI=1S/C17H19NO4/c1-11(19)12-7-8-16(22-3)15(10-12)18-17(20)13-5-4-6-14(9-13)21-2/h4-11,19H,1-3H3,(H,18,20)/t11-/m0/s1. The molecule has 0 heterocycles. The van der Waals surface area contributed by atoms with Gasteiger partial charge in [-0.1, -0.05) is 12.1 Å². The molecular formula is C17H19NO4. The molecule has 2 N–H and O–H groups in total. The fourth-order valence-corrected chi connectivity index (χ4v) is 2.04. The van der Waals surface area contributed by atoms with Crippen LogP contribution in [0.15, 0.2) is 42.5 Å². The second kappa shape index (κ2) is 6.95. The number of methoxy groups -OCH3 is 2. The molecule has 2 rings (SSSR count). The lowest BCUT2D eigenvalue weighted by atomic mass is 10.1. The Morgan fingerprint density at radius 1 is 1.14 bits per heavy atom. The lowest BCUT2D eigenvalue weighted by Crippen LogP contribution is -2.13. The van der Waals surface area contributed by atoms with Gasteiger partial charge in [-0.15, -0.1) is 0 Å². The molecule has 2 aromatic rings.